The molecule has 13 N–H and O–H groups in total. The number of amides is 1. The number of carboxylic acid groups (broad SMARTS) is 1. The number of ether oxygens (including phenoxy) is 3. The molecule has 9 aromatic rings. The van der Waals surface area contributed by atoms with Gasteiger partial charge in [0.15, 0.2) is 0 Å². The summed E-state index contributed by atoms with van der Waals surface area (Å²) in [4.78, 5) is 91.7. The summed E-state index contributed by atoms with van der Waals surface area (Å²) in [5, 5.41) is 71.8. The van der Waals surface area contributed by atoms with Gasteiger partial charge in [-0.05, 0) is 172 Å². The number of carbonyl (C=O) groups excluding carboxylic acids is 2. The van der Waals surface area contributed by atoms with E-state index in [4.69, 9.17) is 76.2 Å². The number of nitrogens with two attached hydrogens (primary N) is 1. The largest absolute Gasteiger partial charge is 0.494 e. The Morgan fingerprint density at radius 3 is 1.05 bits per heavy atom. The molecule has 127 heavy (non-hydrogen) atoms. The van der Waals surface area contributed by atoms with Gasteiger partial charge in [-0.25, -0.2) is 43.1 Å². The van der Waals surface area contributed by atoms with Gasteiger partial charge in [0.05, 0.1) is 97.9 Å². The van der Waals surface area contributed by atoms with Gasteiger partial charge < -0.3 is 107 Å². The number of methoxy groups -OCH3 is 3. The summed E-state index contributed by atoms with van der Waals surface area (Å²) >= 11 is 22.8. The molecular weight excluding hydrogens is 1740 g/mol. The molecule has 3 aliphatic rings. The summed E-state index contributed by atoms with van der Waals surface area (Å²) < 4.78 is 59.5. The summed E-state index contributed by atoms with van der Waals surface area (Å²) in [5.41, 5.74) is 9.58. The van der Waals surface area contributed by atoms with Crippen molar-refractivity contribution in [2.45, 2.75) is 89.4 Å². The summed E-state index contributed by atoms with van der Waals surface area (Å²) in [6.45, 7) is 10.8. The van der Waals surface area contributed by atoms with Gasteiger partial charge in [-0.2, -0.15) is 15.0 Å². The average molecular weight is 1850 g/mol. The number of hydrogen-bond acceptors (Lipinski definition) is 33. The zero-order chi connectivity index (χ0) is 91.8. The number of aliphatic hydroxyl groups is 3. The van der Waals surface area contributed by atoms with Crippen LogP contribution in [0.5, 0.6) is 17.2 Å². The number of allylic oxidation sites excluding steroid dienone is 1. The van der Waals surface area contributed by atoms with Crippen LogP contribution in [0, 0.1) is 27.6 Å². The molecule has 0 spiro atoms. The molecule has 0 radical (unpaired) electrons. The van der Waals surface area contributed by atoms with Crippen molar-refractivity contribution in [2.24, 2.45) is 0 Å². The van der Waals surface area contributed by atoms with Gasteiger partial charge >= 0.3 is 0 Å². The zero-order valence-corrected chi connectivity index (χ0v) is 73.9. The van der Waals surface area contributed by atoms with E-state index in [0.717, 1.165) is 56.3 Å². The SMILES string of the molecule is C.C.C=CC(=O)Cl.C=CC(=O)Nc1cc(Nc2ncnc(Nc3cc(Cl)c(F)cc3C3(O)CCC3)n2)c(OC)cc1N(C)CCN(C)C.COc1cc(N(C)CCN(C)C)c(N)cc1Nc1ncnc(Nc2cc(Cl)c(F)cc2C2(O)CCC2)n1.COc1cc(N(C)CCN(C)C)c([N+](=O)[O-])cc1Nc1ncnc(Nc2cc(Cl)c(F)cc2C2(O)CCC2)n1.O=CO. The van der Waals surface area contributed by atoms with Crippen LogP contribution in [0.4, 0.5) is 117 Å². The van der Waals surface area contributed by atoms with Gasteiger partial charge in [-0.1, -0.05) is 62.8 Å². The van der Waals surface area contributed by atoms with Crippen molar-refractivity contribution in [3.8, 4) is 17.2 Å². The molecule has 3 saturated carbocycles. The first-order chi connectivity index (χ1) is 59.3. The molecule has 686 valence electrons. The second kappa shape index (κ2) is 47.5. The highest BCUT2D eigenvalue weighted by molar-refractivity contribution is 6.66. The average Bonchev–Trinajstić information content (AvgIpc) is 0.778. The minimum atomic E-state index is -1.17. The highest BCUT2D eigenvalue weighted by atomic mass is 35.5. The predicted molar refractivity (Wildman–Crippen MR) is 494 cm³/mol. The molecule has 1 amide bonds. The number of hydrogen-bond donors (Lipinski definition) is 12. The van der Waals surface area contributed by atoms with E-state index in [1.54, 1.807) is 37.3 Å². The van der Waals surface area contributed by atoms with Gasteiger partial charge in [0, 0.05) is 118 Å². The molecular formula is C84H109Cl4F3N24O12. The highest BCUT2D eigenvalue weighted by Gasteiger charge is 2.42. The number of nitrogens with zero attached hydrogens (tertiary/aromatic N) is 16. The third kappa shape index (κ3) is 28.2. The Morgan fingerprint density at radius 2 is 0.764 bits per heavy atom. The first-order valence-electron chi connectivity index (χ1n) is 38.6. The summed E-state index contributed by atoms with van der Waals surface area (Å²) in [7, 11) is 22.1. The van der Waals surface area contributed by atoms with Crippen molar-refractivity contribution in [2.75, 3.05) is 182 Å². The maximum atomic E-state index is 14.3. The van der Waals surface area contributed by atoms with Crippen molar-refractivity contribution in [1.29, 1.82) is 0 Å². The van der Waals surface area contributed by atoms with E-state index in [1.807, 2.05) is 78.3 Å². The summed E-state index contributed by atoms with van der Waals surface area (Å²) in [5.74, 6) is 0.101. The standard InChI is InChI=1S/C28H34ClFN8O3.C25H30ClFN8O4.C25H32ClFN8O2.C3H3ClO.CH2O2.2CH4/c1-6-25(39)33-21-14-22(24(41-5)15-23(21)38(4)11-10-37(2)3)35-27-32-16-31-26(36-27)34-20-13-18(29)19(30)12-17(20)28(40)8-7-9-28;1-33(2)8-9-34(3)20-13-22(39-4)19(12-21(20)35(37)38)31-24-29-14-28-23(32-24)30-18-11-16(26)17(27)10-15(18)25(36)6-5-7-25;1-34(2)8-9-35(3)21-13-22(37-4)20(12-18(21)28)32-24-30-14-29-23(33-24)31-19-11-16(26)17(27)10-15(19)25(36)6-5-7-25;1-2-3(4)5;2-1-3;;/h6,12-16,40H,1,7-11H2,2-5H3,(H,33,39)(H2,31,32,34,35,36);10-14,36H,5-9H2,1-4H3,(H2,28,29,30,31,32);10-14,36H,5-9,28H2,1-4H3,(H2,29,30,31,32,33);2H,1H2;1H,(H,2,3);2*1H4. The number of rotatable bonds is 34. The molecule has 0 unspecified atom stereocenters. The van der Waals surface area contributed by atoms with Gasteiger partial charge in [-0.3, -0.25) is 24.5 Å². The Balaban J connectivity index is 0.000000280. The molecule has 3 aliphatic carbocycles. The Kier molecular flexibility index (Phi) is 38.8. The fraction of sp³-hybridized carbons (Fsp3) is 0.381. The number of nitrogen functional groups attached to an aromatic ring is 1. The lowest BCUT2D eigenvalue weighted by Gasteiger charge is -2.38. The van der Waals surface area contributed by atoms with Crippen LogP contribution in [-0.2, 0) is 31.2 Å². The fourth-order valence-corrected chi connectivity index (χ4v) is 13.2. The molecule has 0 aliphatic heterocycles. The third-order valence-corrected chi connectivity index (χ3v) is 21.1. The number of halogens is 7. The van der Waals surface area contributed by atoms with Gasteiger partial charge in [0.25, 0.3) is 12.2 Å². The van der Waals surface area contributed by atoms with Gasteiger partial charge in [0.1, 0.15) is 59.4 Å². The van der Waals surface area contributed by atoms with Crippen LogP contribution in [0.25, 0.3) is 0 Å². The van der Waals surface area contributed by atoms with E-state index >= 15 is 0 Å². The lowest BCUT2D eigenvalue weighted by molar-refractivity contribution is -0.384. The van der Waals surface area contributed by atoms with Crippen LogP contribution < -0.4 is 71.9 Å². The Labute approximate surface area is 755 Å². The van der Waals surface area contributed by atoms with E-state index in [1.165, 1.54) is 81.7 Å². The van der Waals surface area contributed by atoms with E-state index in [9.17, 15) is 48.2 Å². The van der Waals surface area contributed by atoms with Gasteiger partial charge in [-0.15, -0.1) is 0 Å². The molecule has 12 rings (SSSR count). The molecule has 3 heterocycles. The lowest BCUT2D eigenvalue weighted by atomic mass is 9.74. The first-order valence-corrected chi connectivity index (χ1v) is 40.1. The molecule has 3 aromatic heterocycles. The predicted octanol–water partition coefficient (Wildman–Crippen LogP) is 15.1. The number of likely N-dealkylation sites (N-methyl/N-ethyl adjacent to an activating group) is 6. The quantitative estimate of drug-likeness (QED) is 0.00445. The fourth-order valence-electron chi connectivity index (χ4n) is 12.7. The first kappa shape index (κ1) is 104. The summed E-state index contributed by atoms with van der Waals surface area (Å²) in [6.07, 6.45) is 11.7. The van der Waals surface area contributed by atoms with Gasteiger partial charge in [0.2, 0.25) is 46.8 Å². The van der Waals surface area contributed by atoms with Crippen molar-refractivity contribution < 1.29 is 67.1 Å². The third-order valence-electron chi connectivity index (χ3n) is 20.1. The van der Waals surface area contributed by atoms with E-state index in [0.29, 0.717) is 138 Å². The van der Waals surface area contributed by atoms with Crippen LogP contribution in [0.2, 0.25) is 15.1 Å². The zero-order valence-electron chi connectivity index (χ0n) is 70.8. The minimum absolute atomic E-state index is 0. The molecule has 43 heteroatoms. The number of nitro benzene ring substituents is 1. The minimum Gasteiger partial charge on any atom is -0.494 e. The van der Waals surface area contributed by atoms with Crippen LogP contribution in [0.15, 0.2) is 117 Å². The highest BCUT2D eigenvalue weighted by Crippen LogP contribution is 2.50. The lowest BCUT2D eigenvalue weighted by Crippen LogP contribution is -2.34. The van der Waals surface area contributed by atoms with E-state index in [-0.39, 0.29) is 89.4 Å². The smallest absolute Gasteiger partial charge is 0.294 e. The second-order valence-electron chi connectivity index (χ2n) is 29.7. The second-order valence-corrected chi connectivity index (χ2v) is 31.3. The topological polar surface area (TPSA) is 449 Å². The Hall–Kier alpha value is -12.1. The monoisotopic (exact) mass is 1840 g/mol. The maximum Gasteiger partial charge on any atom is 0.294 e. The number of carbonyl (C=O) groups is 3. The Morgan fingerprint density at radius 1 is 0.480 bits per heavy atom. The van der Waals surface area contributed by atoms with Crippen molar-refractivity contribution >= 4 is 168 Å². The van der Waals surface area contributed by atoms with Crippen LogP contribution in [0.1, 0.15) is 89.3 Å². The number of anilines is 17. The maximum absolute atomic E-state index is 14.3. The summed E-state index contributed by atoms with van der Waals surface area (Å²) in [6, 6.07) is 18.0. The normalized spacial score (nSPS) is 13.3. The van der Waals surface area contributed by atoms with Crippen LogP contribution >= 0.6 is 46.4 Å². The molecule has 0 saturated heterocycles. The molecule has 36 nitrogen and oxygen atoms in total. The van der Waals surface area contributed by atoms with E-state index in [2.05, 4.69) is 110 Å². The van der Waals surface area contributed by atoms with Crippen molar-refractivity contribution in [3.63, 3.8) is 0 Å². The number of nitro groups is 1. The van der Waals surface area contributed by atoms with Crippen LogP contribution in [-0.4, -0.2) is 227 Å². The molecule has 3 fully saturated rings. The number of nitrogens with one attached hydrogen (secondary N) is 7. The van der Waals surface area contributed by atoms with Crippen molar-refractivity contribution in [3.05, 3.63) is 176 Å². The number of aromatic nitrogens is 9. The molecule has 0 atom stereocenters. The Bertz CT molecular complexity index is 5300. The molecule has 0 bridgehead atoms. The van der Waals surface area contributed by atoms with E-state index < -0.39 is 44.4 Å². The molecule has 6 aromatic carbocycles. The number of benzene rings is 6. The van der Waals surface area contributed by atoms with Crippen LogP contribution in [0.3, 0.4) is 0 Å². The van der Waals surface area contributed by atoms with Crippen molar-refractivity contribution in [1.82, 2.24) is 59.6 Å².